The predicted octanol–water partition coefficient (Wildman–Crippen LogP) is 5.43. The van der Waals surface area contributed by atoms with Gasteiger partial charge in [0.05, 0.1) is 10.0 Å². The smallest absolute Gasteiger partial charge is 0.278 e. The number of aromatic nitrogens is 2. The van der Waals surface area contributed by atoms with E-state index in [9.17, 15) is 9.59 Å². The van der Waals surface area contributed by atoms with Gasteiger partial charge >= 0.3 is 0 Å². The van der Waals surface area contributed by atoms with Crippen LogP contribution in [0, 0.1) is 13.8 Å². The van der Waals surface area contributed by atoms with E-state index in [4.69, 9.17) is 23.2 Å². The highest BCUT2D eigenvalue weighted by Gasteiger charge is 2.39. The lowest BCUT2D eigenvalue weighted by atomic mass is 10.1. The molecule has 2 aromatic carbocycles. The average Bonchev–Trinajstić information content (AvgIpc) is 2.98. The van der Waals surface area contributed by atoms with Crippen LogP contribution in [0.25, 0.3) is 0 Å². The first-order valence-corrected chi connectivity index (χ1v) is 11.8. The highest BCUT2D eigenvalue weighted by Crippen LogP contribution is 2.35. The van der Waals surface area contributed by atoms with Crippen molar-refractivity contribution in [3.63, 3.8) is 0 Å². The minimum atomic E-state index is -0.408. The highest BCUT2D eigenvalue weighted by molar-refractivity contribution is 8.04. The van der Waals surface area contributed by atoms with Crippen molar-refractivity contribution in [3.05, 3.63) is 92.2 Å². The van der Waals surface area contributed by atoms with Crippen LogP contribution < -0.4 is 5.32 Å². The largest absolute Gasteiger partial charge is 0.350 e. The summed E-state index contributed by atoms with van der Waals surface area (Å²) >= 11 is 13.2. The quantitative estimate of drug-likeness (QED) is 0.345. The monoisotopic (exact) mass is 498 g/mol. The van der Waals surface area contributed by atoms with Crippen LogP contribution in [0.3, 0.4) is 0 Å². The predicted molar refractivity (Wildman–Crippen MR) is 131 cm³/mol. The topological polar surface area (TPSA) is 75.2 Å². The van der Waals surface area contributed by atoms with Crippen LogP contribution >= 0.6 is 35.0 Å². The molecule has 33 heavy (non-hydrogen) atoms. The average molecular weight is 499 g/mol. The van der Waals surface area contributed by atoms with Gasteiger partial charge in [-0.05, 0) is 61.9 Å². The molecular formula is C24H20Cl2N4O2S. The van der Waals surface area contributed by atoms with Crippen LogP contribution in [0.15, 0.2) is 70.4 Å². The molecule has 0 saturated carbocycles. The molecule has 1 N–H and O–H groups in total. The zero-order valence-corrected chi connectivity index (χ0v) is 20.3. The molecule has 6 nitrogen and oxygen atoms in total. The lowest BCUT2D eigenvalue weighted by Gasteiger charge is -2.15. The molecule has 0 aliphatic carbocycles. The zero-order chi connectivity index (χ0) is 23.5. The van der Waals surface area contributed by atoms with Crippen molar-refractivity contribution in [2.45, 2.75) is 25.4 Å². The summed E-state index contributed by atoms with van der Waals surface area (Å²) in [5.74, 6) is -0.792. The van der Waals surface area contributed by atoms with Gasteiger partial charge in [0.15, 0.2) is 5.16 Å². The molecule has 0 unspecified atom stereocenters. The van der Waals surface area contributed by atoms with Crippen molar-refractivity contribution in [2.24, 2.45) is 0 Å². The third-order valence-electron chi connectivity index (χ3n) is 4.94. The van der Waals surface area contributed by atoms with E-state index >= 15 is 0 Å². The van der Waals surface area contributed by atoms with Crippen molar-refractivity contribution in [1.82, 2.24) is 14.9 Å². The summed E-state index contributed by atoms with van der Waals surface area (Å²) in [5, 5.41) is 4.21. The molecule has 0 bridgehead atoms. The number of nitrogens with one attached hydrogen (secondary N) is 1. The van der Waals surface area contributed by atoms with Crippen molar-refractivity contribution >= 4 is 52.5 Å². The molecule has 1 aliphatic rings. The molecule has 0 saturated heterocycles. The van der Waals surface area contributed by atoms with E-state index in [0.717, 1.165) is 28.7 Å². The van der Waals surface area contributed by atoms with E-state index in [2.05, 4.69) is 15.3 Å². The van der Waals surface area contributed by atoms with Gasteiger partial charge in [0.25, 0.3) is 11.8 Å². The van der Waals surface area contributed by atoms with Gasteiger partial charge < -0.3 is 5.32 Å². The Morgan fingerprint density at radius 2 is 1.61 bits per heavy atom. The molecule has 2 amide bonds. The second-order valence-electron chi connectivity index (χ2n) is 7.49. The Kier molecular flexibility index (Phi) is 7.02. The molecular weight excluding hydrogens is 479 g/mol. The van der Waals surface area contributed by atoms with Crippen LogP contribution in [0.4, 0.5) is 5.69 Å². The van der Waals surface area contributed by atoms with E-state index in [1.807, 2.05) is 50.2 Å². The molecule has 4 rings (SSSR count). The molecule has 0 spiro atoms. The Hall–Kier alpha value is -2.87. The van der Waals surface area contributed by atoms with E-state index in [0.29, 0.717) is 27.3 Å². The summed E-state index contributed by atoms with van der Waals surface area (Å²) in [7, 11) is 0. The number of benzene rings is 2. The third kappa shape index (κ3) is 5.38. The van der Waals surface area contributed by atoms with Gasteiger partial charge in [-0.25, -0.2) is 9.97 Å². The van der Waals surface area contributed by atoms with Gasteiger partial charge in [0.2, 0.25) is 0 Å². The summed E-state index contributed by atoms with van der Waals surface area (Å²) in [4.78, 5) is 36.9. The van der Waals surface area contributed by atoms with Gasteiger partial charge in [0, 0.05) is 23.6 Å². The fraction of sp³-hybridized carbons (Fsp3) is 0.167. The van der Waals surface area contributed by atoms with Gasteiger partial charge in [-0.1, -0.05) is 53.5 Å². The summed E-state index contributed by atoms with van der Waals surface area (Å²) < 4.78 is 0. The van der Waals surface area contributed by atoms with Crippen LogP contribution in [-0.2, 0) is 16.0 Å². The normalized spacial score (nSPS) is 13.8. The van der Waals surface area contributed by atoms with E-state index in [1.165, 1.54) is 4.90 Å². The zero-order valence-electron chi connectivity index (χ0n) is 17.9. The number of thioether (sulfide) groups is 1. The van der Waals surface area contributed by atoms with Gasteiger partial charge in [0.1, 0.15) is 10.6 Å². The molecule has 3 aromatic rings. The number of halogens is 2. The first-order valence-electron chi connectivity index (χ1n) is 10.2. The molecule has 0 fully saturated rings. The number of amides is 2. The van der Waals surface area contributed by atoms with Crippen LogP contribution in [0.2, 0.25) is 10.0 Å². The summed E-state index contributed by atoms with van der Waals surface area (Å²) in [6.07, 6.45) is 0.552. The first kappa shape index (κ1) is 23.3. The maximum absolute atomic E-state index is 13.3. The van der Waals surface area contributed by atoms with Crippen LogP contribution in [0.5, 0.6) is 0 Å². The lowest BCUT2D eigenvalue weighted by molar-refractivity contribution is -0.137. The maximum Gasteiger partial charge on any atom is 0.278 e. The molecule has 168 valence electrons. The Labute approximate surface area is 206 Å². The second kappa shape index (κ2) is 9.95. The maximum atomic E-state index is 13.3. The Bertz CT molecular complexity index is 1240. The number of carbonyl (C=O) groups excluding carboxylic acids is 2. The molecule has 9 heteroatoms. The molecule has 1 aromatic heterocycles. The van der Waals surface area contributed by atoms with E-state index in [1.54, 1.807) is 18.2 Å². The minimum absolute atomic E-state index is 0.166. The van der Waals surface area contributed by atoms with E-state index in [-0.39, 0.29) is 23.1 Å². The molecule has 1 aliphatic heterocycles. The molecule has 0 radical (unpaired) electrons. The highest BCUT2D eigenvalue weighted by atomic mass is 35.5. The number of rotatable bonds is 7. The number of hydrogen-bond acceptors (Lipinski definition) is 6. The number of aryl methyl sites for hydroxylation is 2. The first-order chi connectivity index (χ1) is 15.8. The van der Waals surface area contributed by atoms with E-state index < -0.39 is 5.91 Å². The number of hydrogen-bond donors (Lipinski definition) is 1. The Balaban J connectivity index is 1.65. The van der Waals surface area contributed by atoms with Gasteiger partial charge in [-0.15, -0.1) is 0 Å². The molecule has 2 heterocycles. The second-order valence-corrected chi connectivity index (χ2v) is 9.28. The standard InChI is InChI=1S/C24H20Cl2N4O2S/c1-14-12-15(2)28-24(27-14)33-21-20(29-17-8-9-18(25)19(26)13-17)22(31)30(23(21)32)11-10-16-6-4-3-5-7-16/h3-9,12-13,29H,10-11H2,1-2H3. The fourth-order valence-corrected chi connectivity index (χ4v) is 4.69. The lowest BCUT2D eigenvalue weighted by Crippen LogP contribution is -2.34. The Morgan fingerprint density at radius 1 is 0.909 bits per heavy atom. The number of carbonyl (C=O) groups is 2. The fourth-order valence-electron chi connectivity index (χ4n) is 3.40. The third-order valence-corrected chi connectivity index (χ3v) is 6.62. The minimum Gasteiger partial charge on any atom is -0.350 e. The summed E-state index contributed by atoms with van der Waals surface area (Å²) in [6.45, 7) is 3.97. The van der Waals surface area contributed by atoms with Gasteiger partial charge in [-0.3, -0.25) is 14.5 Å². The van der Waals surface area contributed by atoms with Crippen LogP contribution in [-0.4, -0.2) is 33.2 Å². The number of nitrogens with zero attached hydrogens (tertiary/aromatic N) is 3. The van der Waals surface area contributed by atoms with Crippen LogP contribution in [0.1, 0.15) is 17.0 Å². The summed E-state index contributed by atoms with van der Waals surface area (Å²) in [5.41, 5.74) is 3.31. The summed E-state index contributed by atoms with van der Waals surface area (Å²) in [6, 6.07) is 16.5. The number of anilines is 1. The Morgan fingerprint density at radius 3 is 2.27 bits per heavy atom. The van der Waals surface area contributed by atoms with Crippen molar-refractivity contribution in [1.29, 1.82) is 0 Å². The SMILES string of the molecule is Cc1cc(C)nc(SC2=C(Nc3ccc(Cl)c(Cl)c3)C(=O)N(CCc3ccccc3)C2=O)n1. The number of imide groups is 1. The molecule has 0 atom stereocenters. The van der Waals surface area contributed by atoms with Gasteiger partial charge in [-0.2, -0.15) is 0 Å². The van der Waals surface area contributed by atoms with Crippen molar-refractivity contribution < 1.29 is 9.59 Å². The van der Waals surface area contributed by atoms with Crippen molar-refractivity contribution in [2.75, 3.05) is 11.9 Å². The van der Waals surface area contributed by atoms with Crippen molar-refractivity contribution in [3.8, 4) is 0 Å².